The summed E-state index contributed by atoms with van der Waals surface area (Å²) in [4.78, 5) is 4.30. The summed E-state index contributed by atoms with van der Waals surface area (Å²) >= 11 is 0. The second-order valence-electron chi connectivity index (χ2n) is 4.98. The van der Waals surface area contributed by atoms with E-state index in [4.69, 9.17) is 0 Å². The standard InChI is InChI=1S/C13H16N4O2S/c1-17(8-13-14-9-15-16-13)20(18,19)12-6-5-10-3-2-4-11(10)7-12/h5-7,9H,2-4,8H2,1H3,(H,14,15,16). The van der Waals surface area contributed by atoms with Gasteiger partial charge in [-0.3, -0.25) is 5.10 Å². The summed E-state index contributed by atoms with van der Waals surface area (Å²) in [6.07, 6.45) is 4.48. The van der Waals surface area contributed by atoms with E-state index in [9.17, 15) is 8.42 Å². The Morgan fingerprint density at radius 1 is 1.30 bits per heavy atom. The zero-order valence-corrected chi connectivity index (χ0v) is 12.0. The third kappa shape index (κ3) is 2.34. The Labute approximate surface area is 117 Å². The number of aromatic amines is 1. The summed E-state index contributed by atoms with van der Waals surface area (Å²) in [5.74, 6) is 0.525. The summed E-state index contributed by atoms with van der Waals surface area (Å²) in [7, 11) is -1.94. The van der Waals surface area contributed by atoms with E-state index in [-0.39, 0.29) is 6.54 Å². The monoisotopic (exact) mass is 292 g/mol. The molecule has 1 aromatic heterocycles. The topological polar surface area (TPSA) is 79.0 Å². The molecule has 0 spiro atoms. The molecule has 7 heteroatoms. The number of rotatable bonds is 4. The van der Waals surface area contributed by atoms with Crippen molar-refractivity contribution in [1.82, 2.24) is 19.5 Å². The van der Waals surface area contributed by atoms with Gasteiger partial charge < -0.3 is 0 Å². The first-order valence-corrected chi connectivity index (χ1v) is 7.94. The molecule has 106 valence electrons. The molecule has 0 fully saturated rings. The van der Waals surface area contributed by atoms with Crippen LogP contribution in [0, 0.1) is 0 Å². The molecule has 0 bridgehead atoms. The summed E-state index contributed by atoms with van der Waals surface area (Å²) < 4.78 is 26.3. The highest BCUT2D eigenvalue weighted by Gasteiger charge is 2.23. The van der Waals surface area contributed by atoms with Crippen molar-refractivity contribution in [2.75, 3.05) is 7.05 Å². The fraction of sp³-hybridized carbons (Fsp3) is 0.385. The third-order valence-electron chi connectivity index (χ3n) is 3.62. The van der Waals surface area contributed by atoms with Crippen molar-refractivity contribution in [3.8, 4) is 0 Å². The molecule has 0 saturated heterocycles. The number of benzene rings is 1. The molecule has 0 radical (unpaired) electrons. The van der Waals surface area contributed by atoms with Crippen molar-refractivity contribution < 1.29 is 8.42 Å². The van der Waals surface area contributed by atoms with Gasteiger partial charge in [0.05, 0.1) is 11.4 Å². The SMILES string of the molecule is CN(Cc1ncn[nH]1)S(=O)(=O)c1ccc2c(c1)CCC2. The lowest BCUT2D eigenvalue weighted by molar-refractivity contribution is 0.457. The van der Waals surface area contributed by atoms with Crippen molar-refractivity contribution in [2.24, 2.45) is 0 Å². The van der Waals surface area contributed by atoms with E-state index in [0.717, 1.165) is 24.8 Å². The number of nitrogens with one attached hydrogen (secondary N) is 1. The van der Waals surface area contributed by atoms with E-state index >= 15 is 0 Å². The van der Waals surface area contributed by atoms with E-state index in [0.29, 0.717) is 10.7 Å². The van der Waals surface area contributed by atoms with Gasteiger partial charge in [-0.15, -0.1) is 0 Å². The average Bonchev–Trinajstić information content (AvgIpc) is 3.07. The molecule has 0 saturated carbocycles. The van der Waals surface area contributed by atoms with Gasteiger partial charge in [-0.25, -0.2) is 13.4 Å². The number of nitrogens with zero attached hydrogens (tertiary/aromatic N) is 3. The first-order chi connectivity index (χ1) is 9.57. The predicted octanol–water partition coefficient (Wildman–Crippen LogP) is 1.11. The van der Waals surface area contributed by atoms with Crippen molar-refractivity contribution in [2.45, 2.75) is 30.7 Å². The minimum Gasteiger partial charge on any atom is -0.262 e. The number of fused-ring (bicyclic) bond motifs is 1. The molecular weight excluding hydrogens is 276 g/mol. The lowest BCUT2D eigenvalue weighted by Gasteiger charge is -2.16. The lowest BCUT2D eigenvalue weighted by Crippen LogP contribution is -2.27. The molecule has 0 unspecified atom stereocenters. The number of aromatic nitrogens is 3. The van der Waals surface area contributed by atoms with Crippen molar-refractivity contribution in [3.05, 3.63) is 41.5 Å². The van der Waals surface area contributed by atoms with Crippen LogP contribution in [0.1, 0.15) is 23.4 Å². The van der Waals surface area contributed by atoms with Crippen LogP contribution in [-0.2, 0) is 29.4 Å². The Hall–Kier alpha value is -1.73. The third-order valence-corrected chi connectivity index (χ3v) is 5.41. The maximum atomic E-state index is 12.5. The molecule has 3 rings (SSSR count). The van der Waals surface area contributed by atoms with Crippen LogP contribution in [0.3, 0.4) is 0 Å². The smallest absolute Gasteiger partial charge is 0.243 e. The zero-order chi connectivity index (χ0) is 14.2. The van der Waals surface area contributed by atoms with E-state index in [1.165, 1.54) is 16.2 Å². The Bertz CT molecular complexity index is 710. The lowest BCUT2D eigenvalue weighted by atomic mass is 10.1. The minimum atomic E-state index is -3.49. The van der Waals surface area contributed by atoms with E-state index in [1.807, 2.05) is 6.07 Å². The molecule has 6 nitrogen and oxygen atoms in total. The largest absolute Gasteiger partial charge is 0.262 e. The summed E-state index contributed by atoms with van der Waals surface area (Å²) in [6.45, 7) is 0.180. The second kappa shape index (κ2) is 4.99. The second-order valence-corrected chi connectivity index (χ2v) is 7.02. The fourth-order valence-corrected chi connectivity index (χ4v) is 3.67. The number of hydrogen-bond donors (Lipinski definition) is 1. The number of aryl methyl sites for hydroxylation is 2. The van der Waals surface area contributed by atoms with Crippen LogP contribution < -0.4 is 0 Å². The predicted molar refractivity (Wildman–Crippen MR) is 73.5 cm³/mol. The number of sulfonamides is 1. The molecule has 0 amide bonds. The van der Waals surface area contributed by atoms with Crippen LogP contribution >= 0.6 is 0 Å². The van der Waals surface area contributed by atoms with Crippen molar-refractivity contribution in [1.29, 1.82) is 0 Å². The van der Waals surface area contributed by atoms with Crippen LogP contribution in [0.4, 0.5) is 0 Å². The van der Waals surface area contributed by atoms with Gasteiger partial charge in [-0.05, 0) is 42.5 Å². The Morgan fingerprint density at radius 2 is 2.10 bits per heavy atom. The van der Waals surface area contributed by atoms with Crippen LogP contribution in [-0.4, -0.2) is 35.0 Å². The normalized spacial score (nSPS) is 14.7. The maximum absolute atomic E-state index is 12.5. The quantitative estimate of drug-likeness (QED) is 0.915. The number of H-pyrrole nitrogens is 1. The Kier molecular flexibility index (Phi) is 3.31. The minimum absolute atomic E-state index is 0.180. The molecule has 1 aliphatic carbocycles. The number of hydrogen-bond acceptors (Lipinski definition) is 4. The highest BCUT2D eigenvalue weighted by molar-refractivity contribution is 7.89. The zero-order valence-electron chi connectivity index (χ0n) is 11.2. The van der Waals surface area contributed by atoms with Gasteiger partial charge in [0.2, 0.25) is 10.0 Å². The van der Waals surface area contributed by atoms with Crippen LogP contribution in [0.5, 0.6) is 0 Å². The molecule has 2 aromatic rings. The first kappa shape index (κ1) is 13.3. The van der Waals surface area contributed by atoms with Gasteiger partial charge in [0.15, 0.2) is 0 Å². The van der Waals surface area contributed by atoms with Crippen molar-refractivity contribution in [3.63, 3.8) is 0 Å². The van der Waals surface area contributed by atoms with Gasteiger partial charge in [0.25, 0.3) is 0 Å². The van der Waals surface area contributed by atoms with Crippen molar-refractivity contribution >= 4 is 10.0 Å². The molecule has 1 N–H and O–H groups in total. The Balaban J connectivity index is 1.87. The molecule has 1 aliphatic rings. The van der Waals surface area contributed by atoms with Gasteiger partial charge >= 0.3 is 0 Å². The van der Waals surface area contributed by atoms with Crippen LogP contribution in [0.15, 0.2) is 29.4 Å². The molecule has 1 heterocycles. The van der Waals surface area contributed by atoms with E-state index < -0.39 is 10.0 Å². The summed E-state index contributed by atoms with van der Waals surface area (Å²) in [5, 5.41) is 6.39. The average molecular weight is 292 g/mol. The maximum Gasteiger partial charge on any atom is 0.243 e. The first-order valence-electron chi connectivity index (χ1n) is 6.50. The molecule has 1 aromatic carbocycles. The van der Waals surface area contributed by atoms with Crippen LogP contribution in [0.2, 0.25) is 0 Å². The summed E-state index contributed by atoms with van der Waals surface area (Å²) in [5.41, 5.74) is 2.42. The van der Waals surface area contributed by atoms with E-state index in [2.05, 4.69) is 15.2 Å². The summed E-state index contributed by atoms with van der Waals surface area (Å²) in [6, 6.07) is 5.42. The molecule has 0 aliphatic heterocycles. The van der Waals surface area contributed by atoms with Gasteiger partial charge in [-0.2, -0.15) is 9.40 Å². The highest BCUT2D eigenvalue weighted by atomic mass is 32.2. The Morgan fingerprint density at radius 3 is 2.85 bits per heavy atom. The molecular formula is C13H16N4O2S. The fourth-order valence-electron chi connectivity index (χ4n) is 2.49. The van der Waals surface area contributed by atoms with Crippen LogP contribution in [0.25, 0.3) is 0 Å². The molecule has 0 atom stereocenters. The van der Waals surface area contributed by atoms with E-state index in [1.54, 1.807) is 19.2 Å². The van der Waals surface area contributed by atoms with Gasteiger partial charge in [0.1, 0.15) is 12.2 Å². The highest BCUT2D eigenvalue weighted by Crippen LogP contribution is 2.26. The van der Waals surface area contributed by atoms with Gasteiger partial charge in [0, 0.05) is 7.05 Å². The van der Waals surface area contributed by atoms with Gasteiger partial charge in [-0.1, -0.05) is 6.07 Å². The molecule has 20 heavy (non-hydrogen) atoms.